The molecule has 0 radical (unpaired) electrons. The maximum atomic E-state index is 11.8. The number of aromatic nitrogens is 12. The smallest absolute Gasteiger partial charge is 0.294 e. The highest BCUT2D eigenvalue weighted by Gasteiger charge is 2.15. The molecule has 20 nitrogen and oxygen atoms in total. The minimum atomic E-state index is -0.656. The second-order valence-corrected chi connectivity index (χ2v) is 15.2. The fraction of sp³-hybridized carbons (Fsp3) is 0.700. The van der Waals surface area contributed by atoms with E-state index in [0.29, 0.717) is 11.6 Å². The molecule has 0 saturated carbocycles. The van der Waals surface area contributed by atoms with E-state index in [4.69, 9.17) is 0 Å². The van der Waals surface area contributed by atoms with Crippen molar-refractivity contribution in [2.75, 3.05) is 0 Å². The van der Waals surface area contributed by atoms with Gasteiger partial charge in [0.15, 0.2) is 0 Å². The van der Waals surface area contributed by atoms with Gasteiger partial charge in [-0.3, -0.25) is 19.1 Å². The van der Waals surface area contributed by atoms with Crippen molar-refractivity contribution in [1.82, 2.24) is 57.3 Å². The van der Waals surface area contributed by atoms with E-state index in [1.807, 2.05) is 55.4 Å². The summed E-state index contributed by atoms with van der Waals surface area (Å²) in [5, 5.41) is 0. The highest BCUT2D eigenvalue weighted by atomic mass is 16.2. The molecule has 60 heavy (non-hydrogen) atoms. The molecule has 0 atom stereocenters. The lowest BCUT2D eigenvalue weighted by Gasteiger charge is -2.13. The first-order valence-electron chi connectivity index (χ1n) is 18.6. The van der Waals surface area contributed by atoms with Crippen LogP contribution >= 0.6 is 0 Å². The van der Waals surface area contributed by atoms with Gasteiger partial charge < -0.3 is 0 Å². The predicted octanol–water partition coefficient (Wildman–Crippen LogP) is 4.95. The van der Waals surface area contributed by atoms with E-state index >= 15 is 0 Å². The van der Waals surface area contributed by atoms with Gasteiger partial charge in [0.25, 0.3) is 0 Å². The summed E-state index contributed by atoms with van der Waals surface area (Å²) in [6.45, 7) is 29.4. The first-order chi connectivity index (χ1) is 25.8. The zero-order chi connectivity index (χ0) is 43.5. The van der Waals surface area contributed by atoms with Gasteiger partial charge in [-0.25, -0.2) is 61.6 Å². The molecule has 0 aliphatic rings. The van der Waals surface area contributed by atoms with E-state index in [1.54, 1.807) is 55.4 Å². The molecule has 2 N–H and O–H groups in total. The van der Waals surface area contributed by atoms with Crippen LogP contribution in [0, 0.1) is 0 Å². The molecular formula is C40H76N12O8. The Labute approximate surface area is 353 Å². The molecule has 0 fully saturated rings. The van der Waals surface area contributed by atoms with Crippen LogP contribution < -0.4 is 45.5 Å². The molecule has 4 aromatic heterocycles. The maximum Gasteiger partial charge on any atom is 0.353 e. The number of hydrogen-bond donors (Lipinski definition) is 2. The van der Waals surface area contributed by atoms with Crippen LogP contribution in [0.3, 0.4) is 0 Å². The second kappa shape index (κ2) is 26.5. The summed E-state index contributed by atoms with van der Waals surface area (Å²) in [5.74, 6) is 1.75. The fourth-order valence-electron chi connectivity index (χ4n) is 4.81. The Morgan fingerprint density at radius 1 is 0.417 bits per heavy atom. The van der Waals surface area contributed by atoms with Crippen LogP contribution in [-0.4, -0.2) is 57.3 Å². The van der Waals surface area contributed by atoms with Crippen molar-refractivity contribution in [2.24, 2.45) is 0 Å². The third kappa shape index (κ3) is 16.2. The van der Waals surface area contributed by atoms with Crippen LogP contribution in [-0.2, 0) is 0 Å². The first-order valence-corrected chi connectivity index (χ1v) is 18.6. The molecule has 0 spiro atoms. The largest absolute Gasteiger partial charge is 0.353 e. The Morgan fingerprint density at radius 2 is 0.750 bits per heavy atom. The van der Waals surface area contributed by atoms with Gasteiger partial charge in [0.1, 0.15) is 24.3 Å². The molecule has 0 unspecified atom stereocenters. The average molecular weight is 853 g/mol. The standard InChI is InChI=1S/C9H15N3O3.2C9H15N3O2.C9H15N3O.4CH4/c1-5(2)11-7(13)10-8(14)12(6(3)4)9(11)15;2*1-6(2)11-5-10-8(13)12(7(3)4)9(11)14;1-5(2)7-10-8(6(3)4)12-9(13)11-7;;;;/h5-6H,1-4H3,(H,10,13,14);2*5-7H,1-4H3;5-6H,1-4H3,(H,10,11,12,13);4*1H4. The van der Waals surface area contributed by atoms with Crippen LogP contribution in [0.2, 0.25) is 0 Å². The van der Waals surface area contributed by atoms with Crippen molar-refractivity contribution in [1.29, 1.82) is 0 Å². The van der Waals surface area contributed by atoms with Crippen molar-refractivity contribution in [2.45, 2.75) is 189 Å². The zero-order valence-corrected chi connectivity index (χ0v) is 35.5. The summed E-state index contributed by atoms with van der Waals surface area (Å²) in [6, 6.07) is -0.831. The molecule has 4 rings (SSSR count). The molecule has 0 aromatic carbocycles. The number of nitrogens with one attached hydrogen (secondary N) is 2. The van der Waals surface area contributed by atoms with Crippen LogP contribution in [0.25, 0.3) is 0 Å². The van der Waals surface area contributed by atoms with Gasteiger partial charge >= 0.3 is 45.5 Å². The Morgan fingerprint density at radius 3 is 1.02 bits per heavy atom. The highest BCUT2D eigenvalue weighted by Crippen LogP contribution is 2.10. The molecule has 0 bridgehead atoms. The van der Waals surface area contributed by atoms with E-state index in [1.165, 1.54) is 21.8 Å². The van der Waals surface area contributed by atoms with Gasteiger partial charge in [-0.05, 0) is 83.1 Å². The molecule has 0 saturated heterocycles. The summed E-state index contributed by atoms with van der Waals surface area (Å²) in [4.78, 5) is 112. The van der Waals surface area contributed by atoms with Crippen LogP contribution in [0.5, 0.6) is 0 Å². The molecule has 344 valence electrons. The summed E-state index contributed by atoms with van der Waals surface area (Å²) in [6.07, 6.45) is 2.60. The Hall–Kier alpha value is -5.56. The summed E-state index contributed by atoms with van der Waals surface area (Å²) in [5.41, 5.74) is -3.74. The van der Waals surface area contributed by atoms with Crippen LogP contribution in [0.1, 0.15) is 200 Å². The van der Waals surface area contributed by atoms with Crippen molar-refractivity contribution >= 4 is 0 Å². The highest BCUT2D eigenvalue weighted by molar-refractivity contribution is 4.98. The van der Waals surface area contributed by atoms with Gasteiger partial charge in [0.2, 0.25) is 0 Å². The lowest BCUT2D eigenvalue weighted by Crippen LogP contribution is -2.50. The fourth-order valence-corrected chi connectivity index (χ4v) is 4.81. The Kier molecular flexibility index (Phi) is 27.0. The molecule has 4 aromatic rings. The monoisotopic (exact) mass is 853 g/mol. The van der Waals surface area contributed by atoms with Gasteiger partial charge in [-0.2, -0.15) is 15.0 Å². The van der Waals surface area contributed by atoms with E-state index in [0.717, 1.165) is 18.3 Å². The maximum absolute atomic E-state index is 11.8. The van der Waals surface area contributed by atoms with Crippen molar-refractivity contribution in [3.63, 3.8) is 0 Å². The quantitative estimate of drug-likeness (QED) is 0.239. The predicted molar refractivity (Wildman–Crippen MR) is 241 cm³/mol. The zero-order valence-electron chi connectivity index (χ0n) is 35.5. The Bertz CT molecular complexity index is 2230. The SMILES string of the molecule is C.C.C.C.CC(C)c1nc(C(C)C)[nH]c(=O)n1.CC(C)n1c(=O)[nH]c(=O)n(C(C)C)c1=O.CC(C)n1cnc(=O)n(C(C)C)c1=O.CC(C)n1cnc(=O)n(C(C)C)c1=O. The number of hydrogen-bond acceptors (Lipinski definition) is 12. The summed E-state index contributed by atoms with van der Waals surface area (Å²) in [7, 11) is 0. The van der Waals surface area contributed by atoms with Crippen molar-refractivity contribution in [3.8, 4) is 0 Å². The molecule has 0 amide bonds. The van der Waals surface area contributed by atoms with Crippen LogP contribution in [0.4, 0.5) is 0 Å². The Balaban J connectivity index is -0.000000341. The number of nitrogens with zero attached hydrogens (tertiary/aromatic N) is 10. The lowest BCUT2D eigenvalue weighted by atomic mass is 10.2. The summed E-state index contributed by atoms with van der Waals surface area (Å²) >= 11 is 0. The minimum absolute atomic E-state index is 0. The van der Waals surface area contributed by atoms with Crippen molar-refractivity contribution in [3.05, 3.63) is 108 Å². The topological polar surface area (TPSA) is 249 Å². The third-order valence-corrected chi connectivity index (χ3v) is 7.84. The number of rotatable bonds is 8. The normalized spacial score (nSPS) is 10.5. The minimum Gasteiger partial charge on any atom is -0.294 e. The van der Waals surface area contributed by atoms with Crippen LogP contribution in [0.15, 0.2) is 51.0 Å². The average Bonchev–Trinajstić information content (AvgIpc) is 3.04. The molecule has 4 heterocycles. The molecule has 20 heteroatoms. The molecular weight excluding hydrogens is 777 g/mol. The number of aromatic amines is 2. The lowest BCUT2D eigenvalue weighted by molar-refractivity contribution is 0.441. The van der Waals surface area contributed by atoms with E-state index in [-0.39, 0.29) is 94.9 Å². The number of H-pyrrole nitrogens is 2. The second-order valence-electron chi connectivity index (χ2n) is 15.2. The van der Waals surface area contributed by atoms with E-state index in [9.17, 15) is 38.4 Å². The molecule has 0 aliphatic heterocycles. The first kappa shape index (κ1) is 61.1. The van der Waals surface area contributed by atoms with Crippen molar-refractivity contribution < 1.29 is 0 Å². The van der Waals surface area contributed by atoms with Gasteiger partial charge in [0, 0.05) is 48.1 Å². The van der Waals surface area contributed by atoms with E-state index in [2.05, 4.69) is 29.9 Å². The van der Waals surface area contributed by atoms with Gasteiger partial charge in [-0.15, -0.1) is 0 Å². The molecule has 0 aliphatic carbocycles. The van der Waals surface area contributed by atoms with E-state index < -0.39 is 28.4 Å². The summed E-state index contributed by atoms with van der Waals surface area (Å²) < 4.78 is 7.26. The van der Waals surface area contributed by atoms with Gasteiger partial charge in [-0.1, -0.05) is 57.4 Å². The third-order valence-electron chi connectivity index (χ3n) is 7.84. The van der Waals surface area contributed by atoms with Gasteiger partial charge in [0.05, 0.1) is 0 Å².